The summed E-state index contributed by atoms with van der Waals surface area (Å²) in [5, 5.41) is 0. The fourth-order valence-electron chi connectivity index (χ4n) is 0.587. The maximum Gasteiger partial charge on any atom is 0.0889 e. The second-order valence-corrected chi connectivity index (χ2v) is 2.36. The fourth-order valence-corrected chi connectivity index (χ4v) is 0.587. The molecule has 0 aromatic carbocycles. The Hall–Kier alpha value is 0.0700. The van der Waals surface area contributed by atoms with Gasteiger partial charge in [-0.05, 0) is 32.0 Å². The van der Waals surface area contributed by atoms with E-state index in [2.05, 4.69) is 57.6 Å². The zero-order chi connectivity index (χ0) is 9.82. The molecule has 0 atom stereocenters. The van der Waals surface area contributed by atoms with E-state index < -0.39 is 0 Å². The Morgan fingerprint density at radius 2 is 1.92 bits per heavy atom. The Morgan fingerprint density at radius 3 is 2.33 bits per heavy atom. The van der Waals surface area contributed by atoms with Crippen LogP contribution in [-0.4, -0.2) is 50.1 Å². The van der Waals surface area contributed by atoms with Gasteiger partial charge in [-0.15, -0.1) is 0 Å². The Labute approximate surface area is 89.1 Å². The van der Waals surface area contributed by atoms with Crippen molar-refractivity contribution < 1.29 is 0 Å². The highest BCUT2D eigenvalue weighted by molar-refractivity contribution is 14.1. The fraction of sp³-hybridized carbons (Fsp3) is 0.875. The lowest BCUT2D eigenvalue weighted by Gasteiger charge is -2.05. The molecule has 0 radical (unpaired) electrons. The van der Waals surface area contributed by atoms with Crippen molar-refractivity contribution in [2.24, 2.45) is 9.98 Å². The van der Waals surface area contributed by atoms with Gasteiger partial charge in [-0.1, -0.05) is 22.6 Å². The van der Waals surface area contributed by atoms with Crippen LogP contribution in [0.3, 0.4) is 0 Å². The summed E-state index contributed by atoms with van der Waals surface area (Å²) in [5.41, 5.74) is 0. The molecule has 0 aliphatic carbocycles. The predicted octanol–water partition coefficient (Wildman–Crippen LogP) is 1.79. The summed E-state index contributed by atoms with van der Waals surface area (Å²) in [6.07, 6.45) is 1.08. The molecular weight excluding hydrogens is 265 g/mol. The van der Waals surface area contributed by atoms with Gasteiger partial charge < -0.3 is 4.90 Å². The predicted molar refractivity (Wildman–Crippen MR) is 63.8 cm³/mol. The van der Waals surface area contributed by atoms with Crippen LogP contribution < -0.4 is 0 Å². The van der Waals surface area contributed by atoms with E-state index in [0.29, 0.717) is 0 Å². The number of hydrogen-bond donors (Lipinski definition) is 0. The number of halogens is 1. The van der Waals surface area contributed by atoms with Gasteiger partial charge in [0.2, 0.25) is 0 Å². The van der Waals surface area contributed by atoms with Gasteiger partial charge in [0.1, 0.15) is 0 Å². The van der Waals surface area contributed by atoms with Gasteiger partial charge in [-0.3, -0.25) is 0 Å². The molecule has 0 heterocycles. The number of rotatable bonds is 4. The molecule has 0 N–H and O–H groups in total. The van der Waals surface area contributed by atoms with Gasteiger partial charge in [0, 0.05) is 7.05 Å². The quantitative estimate of drug-likeness (QED) is 0.334. The van der Waals surface area contributed by atoms with E-state index >= 15 is 0 Å². The zero-order valence-electron chi connectivity index (χ0n) is 8.34. The molecule has 0 spiro atoms. The minimum Gasteiger partial charge on any atom is -0.309 e. The monoisotopic (exact) mass is 283 g/mol. The van der Waals surface area contributed by atoms with Crippen molar-refractivity contribution in [1.29, 1.82) is 0 Å². The second-order valence-electron chi connectivity index (χ2n) is 2.36. The Kier molecular flexibility index (Phi) is 16.6. The summed E-state index contributed by atoms with van der Waals surface area (Å²) in [6.45, 7) is 1.91. The number of hydrogen-bond acceptors (Lipinski definition) is 3. The van der Waals surface area contributed by atoms with E-state index in [1.165, 1.54) is 0 Å². The molecule has 0 fully saturated rings. The standard InChI is InChI=1S/C7H15N3.CH3I/c1-8-7-9-5-4-6-10(2)3;1-2/h4-6H2,1-3H3;1H3. The Bertz CT molecular complexity index is 128. The van der Waals surface area contributed by atoms with E-state index in [1.807, 2.05) is 4.93 Å². The molecule has 0 aromatic rings. The summed E-state index contributed by atoms with van der Waals surface area (Å²) in [6, 6.07) is 2.55. The van der Waals surface area contributed by atoms with E-state index in [4.69, 9.17) is 0 Å². The van der Waals surface area contributed by atoms with Crippen molar-refractivity contribution >= 4 is 28.6 Å². The number of nitrogens with zero attached hydrogens (tertiary/aromatic N) is 3. The maximum absolute atomic E-state index is 3.92. The van der Waals surface area contributed by atoms with E-state index in [1.54, 1.807) is 7.05 Å². The number of aliphatic imine (C=N–C) groups is 2. The average Bonchev–Trinajstić information content (AvgIpc) is 2.07. The summed E-state index contributed by atoms with van der Waals surface area (Å²) < 4.78 is 0. The molecule has 0 aromatic heterocycles. The van der Waals surface area contributed by atoms with Crippen LogP contribution in [0, 0.1) is 0 Å². The van der Waals surface area contributed by atoms with Crippen molar-refractivity contribution in [1.82, 2.24) is 4.90 Å². The molecule has 3 nitrogen and oxygen atoms in total. The normalized spacial score (nSPS) is 8.17. The molecule has 0 saturated heterocycles. The Balaban J connectivity index is 0. The average molecular weight is 283 g/mol. The Morgan fingerprint density at radius 1 is 1.33 bits per heavy atom. The van der Waals surface area contributed by atoms with Gasteiger partial charge in [-0.2, -0.15) is 0 Å². The van der Waals surface area contributed by atoms with Gasteiger partial charge >= 0.3 is 0 Å². The highest BCUT2D eigenvalue weighted by atomic mass is 127. The largest absolute Gasteiger partial charge is 0.309 e. The van der Waals surface area contributed by atoms with Crippen molar-refractivity contribution in [3.8, 4) is 0 Å². The van der Waals surface area contributed by atoms with Crippen LogP contribution in [0.5, 0.6) is 0 Å². The lowest BCUT2D eigenvalue weighted by Crippen LogP contribution is -2.13. The van der Waals surface area contributed by atoms with Crippen LogP contribution in [0.1, 0.15) is 6.42 Å². The van der Waals surface area contributed by atoms with Gasteiger partial charge in [0.05, 0.1) is 12.6 Å². The molecule has 4 heteroatoms. The zero-order valence-corrected chi connectivity index (χ0v) is 10.5. The summed E-state index contributed by atoms with van der Waals surface area (Å²) in [4.78, 5) is 11.6. The third-order valence-electron chi connectivity index (χ3n) is 1.05. The first kappa shape index (κ1) is 14.6. The van der Waals surface area contributed by atoms with Crippen molar-refractivity contribution in [2.75, 3.05) is 39.2 Å². The maximum atomic E-state index is 3.92. The SMILES string of the molecule is CI.CN=C=NCCCN(C)C. The molecule has 0 aliphatic heterocycles. The lowest BCUT2D eigenvalue weighted by atomic mass is 10.4. The van der Waals surface area contributed by atoms with Crippen molar-refractivity contribution in [2.45, 2.75) is 6.42 Å². The van der Waals surface area contributed by atoms with E-state index in [0.717, 1.165) is 19.5 Å². The van der Waals surface area contributed by atoms with Crippen LogP contribution in [0.2, 0.25) is 0 Å². The summed E-state index contributed by atoms with van der Waals surface area (Å²) in [5.74, 6) is 0. The smallest absolute Gasteiger partial charge is 0.0889 e. The van der Waals surface area contributed by atoms with Crippen LogP contribution in [-0.2, 0) is 0 Å². The molecule has 0 unspecified atom stereocenters. The molecule has 0 aliphatic rings. The highest BCUT2D eigenvalue weighted by Crippen LogP contribution is 1.82. The molecule has 72 valence electrons. The van der Waals surface area contributed by atoms with Gasteiger partial charge in [0.15, 0.2) is 0 Å². The van der Waals surface area contributed by atoms with E-state index in [9.17, 15) is 0 Å². The van der Waals surface area contributed by atoms with Crippen LogP contribution in [0.4, 0.5) is 0 Å². The third-order valence-corrected chi connectivity index (χ3v) is 1.05. The van der Waals surface area contributed by atoms with Gasteiger partial charge in [-0.25, -0.2) is 9.98 Å². The van der Waals surface area contributed by atoms with Crippen molar-refractivity contribution in [3.05, 3.63) is 0 Å². The van der Waals surface area contributed by atoms with Crippen LogP contribution >= 0.6 is 22.6 Å². The summed E-state index contributed by atoms with van der Waals surface area (Å²) >= 11 is 2.15. The molecule has 12 heavy (non-hydrogen) atoms. The molecular formula is C8H18IN3. The molecule has 0 bridgehead atoms. The second kappa shape index (κ2) is 13.6. The molecule has 0 amide bonds. The van der Waals surface area contributed by atoms with Crippen LogP contribution in [0.25, 0.3) is 0 Å². The van der Waals surface area contributed by atoms with E-state index in [-0.39, 0.29) is 0 Å². The third kappa shape index (κ3) is 16.6. The first-order valence-electron chi connectivity index (χ1n) is 3.80. The minimum absolute atomic E-state index is 0.829. The van der Waals surface area contributed by atoms with Gasteiger partial charge in [0.25, 0.3) is 0 Å². The topological polar surface area (TPSA) is 28.0 Å². The van der Waals surface area contributed by atoms with Crippen LogP contribution in [0.15, 0.2) is 9.98 Å². The van der Waals surface area contributed by atoms with Crippen molar-refractivity contribution in [3.63, 3.8) is 0 Å². The highest BCUT2D eigenvalue weighted by Gasteiger charge is 1.86. The minimum atomic E-state index is 0.829. The first-order chi connectivity index (χ1) is 5.77. The summed E-state index contributed by atoms with van der Waals surface area (Å²) in [7, 11) is 5.78. The first-order valence-corrected chi connectivity index (χ1v) is 5.96. The molecule has 0 saturated carbocycles. The molecule has 0 rings (SSSR count). The lowest BCUT2D eigenvalue weighted by molar-refractivity contribution is 0.403. The number of alkyl halides is 1.